The maximum absolute atomic E-state index is 12.1. The smallest absolute Gasteiger partial charge is 0.258 e. The Labute approximate surface area is 139 Å². The van der Waals surface area contributed by atoms with Gasteiger partial charge in [-0.3, -0.25) is 9.20 Å². The zero-order valence-electron chi connectivity index (χ0n) is 13.0. The van der Waals surface area contributed by atoms with Gasteiger partial charge in [0.15, 0.2) is 0 Å². The highest BCUT2D eigenvalue weighted by Crippen LogP contribution is 2.11. The lowest BCUT2D eigenvalue weighted by Gasteiger charge is -2.04. The topological polar surface area (TPSA) is 34.4 Å². The molecule has 0 saturated carbocycles. The number of thioether (sulfide) groups is 1. The molecule has 3 nitrogen and oxygen atoms in total. The van der Waals surface area contributed by atoms with Crippen LogP contribution in [-0.4, -0.2) is 15.1 Å². The second kappa shape index (κ2) is 7.29. The van der Waals surface area contributed by atoms with E-state index in [0.717, 1.165) is 22.8 Å². The highest BCUT2D eigenvalue weighted by molar-refractivity contribution is 7.98. The van der Waals surface area contributed by atoms with Gasteiger partial charge in [0.1, 0.15) is 5.65 Å². The molecule has 4 heteroatoms. The van der Waals surface area contributed by atoms with Gasteiger partial charge in [0.05, 0.1) is 5.69 Å². The van der Waals surface area contributed by atoms with Crippen LogP contribution in [0.25, 0.3) is 11.7 Å². The minimum absolute atomic E-state index is 0.0193. The number of benzene rings is 1. The van der Waals surface area contributed by atoms with E-state index >= 15 is 0 Å². The quantitative estimate of drug-likeness (QED) is 0.667. The van der Waals surface area contributed by atoms with E-state index in [0.29, 0.717) is 5.65 Å². The van der Waals surface area contributed by atoms with Gasteiger partial charge in [-0.15, -0.1) is 0 Å². The number of hydrogen-bond acceptors (Lipinski definition) is 3. The van der Waals surface area contributed by atoms with Crippen molar-refractivity contribution >= 4 is 23.5 Å². The number of aryl methyl sites for hydroxylation is 1. The summed E-state index contributed by atoms with van der Waals surface area (Å²) in [5.74, 6) is 1.63. The number of hydrogen-bond donors (Lipinski definition) is 0. The molecule has 0 saturated heterocycles. The van der Waals surface area contributed by atoms with Crippen molar-refractivity contribution in [2.45, 2.75) is 12.7 Å². The lowest BCUT2D eigenvalue weighted by Crippen LogP contribution is -2.15. The lowest BCUT2D eigenvalue weighted by molar-refractivity contribution is 1.00. The molecule has 3 rings (SSSR count). The fourth-order valence-corrected chi connectivity index (χ4v) is 3.02. The number of aromatic nitrogens is 2. The third kappa shape index (κ3) is 4.11. The van der Waals surface area contributed by atoms with Crippen LogP contribution in [0.1, 0.15) is 16.8 Å². The Balaban J connectivity index is 1.62. The molecule has 0 bridgehead atoms. The van der Waals surface area contributed by atoms with Crippen LogP contribution in [0.15, 0.2) is 65.6 Å². The Morgan fingerprint density at radius 3 is 2.83 bits per heavy atom. The predicted molar refractivity (Wildman–Crippen MR) is 97.8 cm³/mol. The largest absolute Gasteiger partial charge is 0.269 e. The Kier molecular flexibility index (Phi) is 4.93. The maximum atomic E-state index is 12.1. The fraction of sp³-hybridized carbons (Fsp3) is 0.158. The molecule has 0 spiro atoms. The average molecular weight is 322 g/mol. The summed E-state index contributed by atoms with van der Waals surface area (Å²) in [5.41, 5.74) is 3.77. The first-order valence-corrected chi connectivity index (χ1v) is 8.66. The molecule has 1 aromatic carbocycles. The van der Waals surface area contributed by atoms with Crippen LogP contribution in [0.5, 0.6) is 0 Å². The van der Waals surface area contributed by atoms with Crippen molar-refractivity contribution in [2.24, 2.45) is 0 Å². The summed E-state index contributed by atoms with van der Waals surface area (Å²) in [7, 11) is 0. The van der Waals surface area contributed by atoms with Gasteiger partial charge in [-0.05, 0) is 24.1 Å². The number of nitrogens with zero attached hydrogens (tertiary/aromatic N) is 2. The van der Waals surface area contributed by atoms with Gasteiger partial charge in [0.25, 0.3) is 5.56 Å². The summed E-state index contributed by atoms with van der Waals surface area (Å²) in [6.07, 6.45) is 6.07. The molecule has 0 fully saturated rings. The SMILES string of the molecule is Cc1ccc2nc(CSC/C=C/c3ccccc3)cc(=O)n2c1. The first-order chi connectivity index (χ1) is 11.2. The third-order valence-electron chi connectivity index (χ3n) is 3.43. The van der Waals surface area contributed by atoms with Crippen molar-refractivity contribution in [3.05, 3.63) is 88.0 Å². The highest BCUT2D eigenvalue weighted by Gasteiger charge is 2.02. The van der Waals surface area contributed by atoms with Crippen molar-refractivity contribution in [1.82, 2.24) is 9.38 Å². The molecule has 0 unspecified atom stereocenters. The van der Waals surface area contributed by atoms with Crippen molar-refractivity contribution in [3.8, 4) is 0 Å². The van der Waals surface area contributed by atoms with E-state index in [9.17, 15) is 4.79 Å². The molecule has 23 heavy (non-hydrogen) atoms. The fourth-order valence-electron chi connectivity index (χ4n) is 2.31. The van der Waals surface area contributed by atoms with Gasteiger partial charge in [-0.2, -0.15) is 11.8 Å². The van der Waals surface area contributed by atoms with Gasteiger partial charge >= 0.3 is 0 Å². The van der Waals surface area contributed by atoms with Gasteiger partial charge < -0.3 is 0 Å². The molecule has 0 N–H and O–H groups in total. The average Bonchev–Trinajstić information content (AvgIpc) is 2.56. The maximum Gasteiger partial charge on any atom is 0.258 e. The van der Waals surface area contributed by atoms with Crippen molar-refractivity contribution < 1.29 is 0 Å². The van der Waals surface area contributed by atoms with Crippen LogP contribution >= 0.6 is 11.8 Å². The molecule has 2 heterocycles. The van der Waals surface area contributed by atoms with E-state index in [4.69, 9.17) is 0 Å². The molecule has 0 atom stereocenters. The Morgan fingerprint density at radius 2 is 2.00 bits per heavy atom. The van der Waals surface area contributed by atoms with Gasteiger partial charge in [0.2, 0.25) is 0 Å². The van der Waals surface area contributed by atoms with Gasteiger partial charge in [0, 0.05) is 23.8 Å². The number of rotatable bonds is 5. The molecular weight excluding hydrogens is 304 g/mol. The van der Waals surface area contributed by atoms with Crippen LogP contribution in [0.2, 0.25) is 0 Å². The van der Waals surface area contributed by atoms with Crippen molar-refractivity contribution in [3.63, 3.8) is 0 Å². The summed E-state index contributed by atoms with van der Waals surface area (Å²) in [6.45, 7) is 1.97. The van der Waals surface area contributed by atoms with Crippen molar-refractivity contribution in [1.29, 1.82) is 0 Å². The van der Waals surface area contributed by atoms with E-state index in [1.165, 1.54) is 5.56 Å². The minimum atomic E-state index is -0.0193. The number of fused-ring (bicyclic) bond motifs is 1. The van der Waals surface area contributed by atoms with Gasteiger partial charge in [-0.25, -0.2) is 4.98 Å². The van der Waals surface area contributed by atoms with Crippen LogP contribution in [-0.2, 0) is 5.75 Å². The minimum Gasteiger partial charge on any atom is -0.269 e. The second-order valence-electron chi connectivity index (χ2n) is 5.35. The number of pyridine rings is 1. The van der Waals surface area contributed by atoms with Crippen molar-refractivity contribution in [2.75, 3.05) is 5.75 Å². The Hall–Kier alpha value is -2.33. The summed E-state index contributed by atoms with van der Waals surface area (Å²) in [4.78, 5) is 16.7. The Bertz CT molecular complexity index is 885. The molecular formula is C19H18N2OS. The summed E-state index contributed by atoms with van der Waals surface area (Å²) < 4.78 is 1.60. The van der Waals surface area contributed by atoms with E-state index in [1.54, 1.807) is 22.2 Å². The van der Waals surface area contributed by atoms with Crippen LogP contribution in [0, 0.1) is 6.92 Å². The van der Waals surface area contributed by atoms with Crippen LogP contribution in [0.3, 0.4) is 0 Å². The summed E-state index contributed by atoms with van der Waals surface area (Å²) >= 11 is 1.75. The normalized spacial score (nSPS) is 11.3. The first kappa shape index (κ1) is 15.6. The highest BCUT2D eigenvalue weighted by atomic mass is 32.2. The standard InChI is InChI=1S/C19H18N2OS/c1-15-9-10-18-20-17(12-19(22)21(18)13-15)14-23-11-5-8-16-6-3-2-4-7-16/h2-10,12-13H,11,14H2,1H3/b8-5+. The molecule has 0 amide bonds. The second-order valence-corrected chi connectivity index (χ2v) is 6.38. The third-order valence-corrected chi connectivity index (χ3v) is 4.36. The lowest BCUT2D eigenvalue weighted by atomic mass is 10.2. The molecule has 2 aromatic heterocycles. The first-order valence-electron chi connectivity index (χ1n) is 7.51. The molecule has 0 aliphatic rings. The Morgan fingerprint density at radius 1 is 1.17 bits per heavy atom. The van der Waals surface area contributed by atoms with Gasteiger partial charge in [-0.1, -0.05) is 48.6 Å². The molecule has 0 radical (unpaired) electrons. The predicted octanol–water partition coefficient (Wildman–Crippen LogP) is 3.95. The molecule has 0 aliphatic heterocycles. The monoisotopic (exact) mass is 322 g/mol. The molecule has 116 valence electrons. The summed E-state index contributed by atoms with van der Waals surface area (Å²) in [6, 6.07) is 15.7. The van der Waals surface area contributed by atoms with E-state index in [-0.39, 0.29) is 5.56 Å². The van der Waals surface area contributed by atoms with Crippen LogP contribution < -0.4 is 5.56 Å². The molecule has 3 aromatic rings. The zero-order valence-corrected chi connectivity index (χ0v) is 13.8. The van der Waals surface area contributed by atoms with E-state index in [2.05, 4.69) is 29.3 Å². The zero-order chi connectivity index (χ0) is 16.1. The molecule has 0 aliphatic carbocycles. The van der Waals surface area contributed by atoms with E-state index < -0.39 is 0 Å². The van der Waals surface area contributed by atoms with E-state index in [1.807, 2.05) is 43.5 Å². The summed E-state index contributed by atoms with van der Waals surface area (Å²) in [5, 5.41) is 0. The van der Waals surface area contributed by atoms with Crippen LogP contribution in [0.4, 0.5) is 0 Å².